The highest BCUT2D eigenvalue weighted by molar-refractivity contribution is 14.0. The number of thioether (sulfide) groups is 1. The number of ether oxygens (including phenoxy) is 1. The Kier molecular flexibility index (Phi) is 10.2. The molecule has 0 spiro atoms. The Bertz CT molecular complexity index is 803. The number of aromatic nitrogens is 3. The first kappa shape index (κ1) is 23.9. The van der Waals surface area contributed by atoms with Gasteiger partial charge in [-0.25, -0.2) is 14.1 Å². The summed E-state index contributed by atoms with van der Waals surface area (Å²) >= 11 is 1.70. The summed E-state index contributed by atoms with van der Waals surface area (Å²) in [6.07, 6.45) is 1.86. The molecule has 0 saturated heterocycles. The lowest BCUT2D eigenvalue weighted by Crippen LogP contribution is -2.47. The van der Waals surface area contributed by atoms with E-state index in [1.165, 1.54) is 6.07 Å². The van der Waals surface area contributed by atoms with Gasteiger partial charge in [0.25, 0.3) is 0 Å². The number of aryl methyl sites for hydroxylation is 1. The van der Waals surface area contributed by atoms with E-state index < -0.39 is 0 Å². The molecule has 2 N–H and O–H groups in total. The standard InChI is InChI=1S/C19H27FN6OS.HI/c1-21-19(22-9-10-28-13-14-5-3-4-6-16(14)20)23-15-7-8-18-24-17(12-27-2)25-26(18)11-15;/h3-6,15H,7-13H2,1-2H3,(H2,21,22,23);1H. The molecule has 1 aliphatic rings. The maximum Gasteiger partial charge on any atom is 0.191 e. The Morgan fingerprint density at radius 1 is 1.41 bits per heavy atom. The van der Waals surface area contributed by atoms with Gasteiger partial charge in [-0.2, -0.15) is 16.9 Å². The van der Waals surface area contributed by atoms with Crippen molar-refractivity contribution < 1.29 is 9.13 Å². The van der Waals surface area contributed by atoms with Gasteiger partial charge in [-0.3, -0.25) is 4.99 Å². The zero-order chi connectivity index (χ0) is 19.8. The Morgan fingerprint density at radius 3 is 3.00 bits per heavy atom. The molecule has 0 bridgehead atoms. The molecular weight excluding hydrogens is 506 g/mol. The third kappa shape index (κ3) is 7.10. The highest BCUT2D eigenvalue weighted by Crippen LogP contribution is 2.15. The molecule has 29 heavy (non-hydrogen) atoms. The minimum absolute atomic E-state index is 0. The fourth-order valence-corrected chi connectivity index (χ4v) is 3.94. The van der Waals surface area contributed by atoms with Gasteiger partial charge in [0.15, 0.2) is 11.8 Å². The van der Waals surface area contributed by atoms with E-state index in [0.717, 1.165) is 54.9 Å². The van der Waals surface area contributed by atoms with Crippen molar-refractivity contribution in [2.24, 2.45) is 4.99 Å². The first-order valence-corrected chi connectivity index (χ1v) is 10.5. The van der Waals surface area contributed by atoms with Gasteiger partial charge in [0.2, 0.25) is 0 Å². The van der Waals surface area contributed by atoms with Crippen molar-refractivity contribution >= 4 is 41.7 Å². The number of hydrogen-bond donors (Lipinski definition) is 2. The number of guanidine groups is 1. The van der Waals surface area contributed by atoms with Crippen LogP contribution in [0, 0.1) is 5.82 Å². The van der Waals surface area contributed by atoms with Gasteiger partial charge in [0.1, 0.15) is 18.2 Å². The van der Waals surface area contributed by atoms with Gasteiger partial charge >= 0.3 is 0 Å². The molecule has 1 unspecified atom stereocenters. The Balaban J connectivity index is 0.00000300. The molecular formula is C19H28FIN6OS. The van der Waals surface area contributed by atoms with Crippen molar-refractivity contribution in [1.82, 2.24) is 25.4 Å². The van der Waals surface area contributed by atoms with E-state index in [2.05, 4.69) is 25.7 Å². The number of halogens is 2. The molecule has 0 fully saturated rings. The summed E-state index contributed by atoms with van der Waals surface area (Å²) in [6.45, 7) is 1.96. The van der Waals surface area contributed by atoms with Crippen LogP contribution >= 0.6 is 35.7 Å². The number of benzene rings is 1. The summed E-state index contributed by atoms with van der Waals surface area (Å²) in [6, 6.07) is 7.17. The lowest BCUT2D eigenvalue weighted by molar-refractivity contribution is 0.177. The third-order valence-electron chi connectivity index (χ3n) is 4.49. The second-order valence-electron chi connectivity index (χ2n) is 6.58. The van der Waals surface area contributed by atoms with Crippen LogP contribution in [-0.2, 0) is 30.1 Å². The van der Waals surface area contributed by atoms with E-state index in [-0.39, 0.29) is 35.8 Å². The van der Waals surface area contributed by atoms with Crippen molar-refractivity contribution in [3.63, 3.8) is 0 Å². The molecule has 0 radical (unpaired) electrons. The molecule has 1 atom stereocenters. The second-order valence-corrected chi connectivity index (χ2v) is 7.69. The molecule has 0 saturated carbocycles. The number of fused-ring (bicyclic) bond motifs is 1. The summed E-state index contributed by atoms with van der Waals surface area (Å²) in [4.78, 5) is 8.80. The fraction of sp³-hybridized carbons (Fsp3) is 0.526. The van der Waals surface area contributed by atoms with E-state index >= 15 is 0 Å². The molecule has 2 heterocycles. The Labute approximate surface area is 192 Å². The molecule has 1 aromatic carbocycles. The molecule has 2 aromatic rings. The van der Waals surface area contributed by atoms with Crippen LogP contribution in [0.2, 0.25) is 0 Å². The minimum atomic E-state index is -0.140. The van der Waals surface area contributed by atoms with E-state index in [0.29, 0.717) is 12.4 Å². The summed E-state index contributed by atoms with van der Waals surface area (Å²) in [5, 5.41) is 11.3. The van der Waals surface area contributed by atoms with Gasteiger partial charge in [-0.15, -0.1) is 24.0 Å². The first-order valence-electron chi connectivity index (χ1n) is 9.39. The second kappa shape index (κ2) is 12.3. The summed E-state index contributed by atoms with van der Waals surface area (Å²) in [5.41, 5.74) is 0.744. The van der Waals surface area contributed by atoms with Gasteiger partial charge in [-0.05, 0) is 18.1 Å². The number of methoxy groups -OCH3 is 1. The summed E-state index contributed by atoms with van der Waals surface area (Å²) in [5.74, 6) is 3.91. The largest absolute Gasteiger partial charge is 0.377 e. The Hall–Kier alpha value is -1.40. The molecule has 1 aliphatic heterocycles. The van der Waals surface area contributed by atoms with Crippen LogP contribution in [0.5, 0.6) is 0 Å². The predicted octanol–water partition coefficient (Wildman–Crippen LogP) is 2.59. The van der Waals surface area contributed by atoms with Crippen molar-refractivity contribution in [3.8, 4) is 0 Å². The zero-order valence-electron chi connectivity index (χ0n) is 16.7. The lowest BCUT2D eigenvalue weighted by atomic mass is 10.1. The van der Waals surface area contributed by atoms with Crippen molar-refractivity contribution in [2.45, 2.75) is 37.8 Å². The SMILES string of the molecule is CN=C(NCCSCc1ccccc1F)NC1CCc2nc(COC)nn2C1.I. The number of nitrogens with zero attached hydrogens (tertiary/aromatic N) is 4. The van der Waals surface area contributed by atoms with Crippen molar-refractivity contribution in [2.75, 3.05) is 26.5 Å². The average molecular weight is 534 g/mol. The van der Waals surface area contributed by atoms with Crippen molar-refractivity contribution in [1.29, 1.82) is 0 Å². The molecule has 0 amide bonds. The van der Waals surface area contributed by atoms with Crippen molar-refractivity contribution in [3.05, 3.63) is 47.3 Å². The molecule has 0 aliphatic carbocycles. The summed E-state index contributed by atoms with van der Waals surface area (Å²) in [7, 11) is 3.41. The monoisotopic (exact) mass is 534 g/mol. The molecule has 7 nitrogen and oxygen atoms in total. The summed E-state index contributed by atoms with van der Waals surface area (Å²) < 4.78 is 20.7. The van der Waals surface area contributed by atoms with Crippen LogP contribution in [0.3, 0.4) is 0 Å². The maximum absolute atomic E-state index is 13.6. The molecule has 3 rings (SSSR count). The highest BCUT2D eigenvalue weighted by Gasteiger charge is 2.22. The highest BCUT2D eigenvalue weighted by atomic mass is 127. The zero-order valence-corrected chi connectivity index (χ0v) is 19.9. The number of rotatable bonds is 8. The van der Waals surface area contributed by atoms with E-state index in [1.54, 1.807) is 32.0 Å². The lowest BCUT2D eigenvalue weighted by Gasteiger charge is -2.25. The van der Waals surface area contributed by atoms with Crippen LogP contribution in [0.25, 0.3) is 0 Å². The van der Waals surface area contributed by atoms with Crippen LogP contribution in [0.1, 0.15) is 23.6 Å². The van der Waals surface area contributed by atoms with E-state index in [9.17, 15) is 4.39 Å². The van der Waals surface area contributed by atoms with Crippen LogP contribution in [-0.4, -0.2) is 53.2 Å². The van der Waals surface area contributed by atoms with Gasteiger partial charge in [0.05, 0.1) is 6.54 Å². The van der Waals surface area contributed by atoms with Crippen LogP contribution < -0.4 is 10.6 Å². The normalized spacial score (nSPS) is 16.1. The van der Waals surface area contributed by atoms with Crippen LogP contribution in [0.15, 0.2) is 29.3 Å². The molecule has 10 heteroatoms. The molecule has 1 aromatic heterocycles. The van der Waals surface area contributed by atoms with Gasteiger partial charge < -0.3 is 15.4 Å². The Morgan fingerprint density at radius 2 is 2.24 bits per heavy atom. The first-order chi connectivity index (χ1) is 13.7. The van der Waals surface area contributed by atoms with Crippen LogP contribution in [0.4, 0.5) is 4.39 Å². The maximum atomic E-state index is 13.6. The number of nitrogens with one attached hydrogen (secondary N) is 2. The topological polar surface area (TPSA) is 76.4 Å². The molecule has 160 valence electrons. The predicted molar refractivity (Wildman–Crippen MR) is 125 cm³/mol. The van der Waals surface area contributed by atoms with E-state index in [1.807, 2.05) is 16.8 Å². The minimum Gasteiger partial charge on any atom is -0.377 e. The average Bonchev–Trinajstić information content (AvgIpc) is 3.10. The van der Waals surface area contributed by atoms with E-state index in [4.69, 9.17) is 4.74 Å². The smallest absolute Gasteiger partial charge is 0.191 e. The quantitative estimate of drug-likeness (QED) is 0.235. The fourth-order valence-electron chi connectivity index (χ4n) is 3.10. The van der Waals surface area contributed by atoms with Gasteiger partial charge in [0, 0.05) is 44.7 Å². The number of aliphatic imine (C=N–C) groups is 1. The van der Waals surface area contributed by atoms with Gasteiger partial charge in [-0.1, -0.05) is 18.2 Å². The number of hydrogen-bond acceptors (Lipinski definition) is 5. The third-order valence-corrected chi connectivity index (χ3v) is 5.50.